The van der Waals surface area contributed by atoms with E-state index in [1.165, 1.54) is 6.92 Å². The minimum absolute atomic E-state index is 0.0102. The lowest BCUT2D eigenvalue weighted by molar-refractivity contribution is -0.145. The lowest BCUT2D eigenvalue weighted by Crippen LogP contribution is -2.16. The second kappa shape index (κ2) is 5.81. The molecule has 0 unspecified atom stereocenters. The Hall–Kier alpha value is -1.37. The van der Waals surface area contributed by atoms with Crippen LogP contribution in [0.25, 0.3) is 0 Å². The molecular formula is C10H12BrFN2O3. The van der Waals surface area contributed by atoms with Crippen LogP contribution in [0.1, 0.15) is 12.5 Å². The second-order valence-electron chi connectivity index (χ2n) is 3.15. The highest BCUT2D eigenvalue weighted by molar-refractivity contribution is 9.10. The molecule has 0 fully saturated rings. The van der Waals surface area contributed by atoms with Crippen molar-refractivity contribution >= 4 is 27.7 Å². The summed E-state index contributed by atoms with van der Waals surface area (Å²) in [6.45, 7) is 3.09. The van der Waals surface area contributed by atoms with E-state index < -0.39 is 11.8 Å². The van der Waals surface area contributed by atoms with Crippen molar-refractivity contribution in [2.45, 2.75) is 13.8 Å². The minimum atomic E-state index is -0.571. The third-order valence-electron chi connectivity index (χ3n) is 1.94. The Labute approximate surface area is 106 Å². The third-order valence-corrected chi connectivity index (χ3v) is 2.47. The molecule has 0 atom stereocenters. The van der Waals surface area contributed by atoms with Gasteiger partial charge in [0.2, 0.25) is 0 Å². The van der Waals surface area contributed by atoms with Gasteiger partial charge in [0, 0.05) is 5.56 Å². The van der Waals surface area contributed by atoms with E-state index in [9.17, 15) is 9.18 Å². The molecule has 0 aliphatic rings. The van der Waals surface area contributed by atoms with Crippen molar-refractivity contribution in [3.05, 3.63) is 16.0 Å². The number of esters is 1. The molecule has 7 heteroatoms. The minimum Gasteiger partial charge on any atom is -0.478 e. The molecule has 0 aromatic carbocycles. The lowest BCUT2D eigenvalue weighted by atomic mass is 10.2. The van der Waals surface area contributed by atoms with E-state index in [-0.39, 0.29) is 34.9 Å². The van der Waals surface area contributed by atoms with Crippen molar-refractivity contribution < 1.29 is 18.7 Å². The van der Waals surface area contributed by atoms with E-state index in [1.807, 2.05) is 0 Å². The number of carbonyl (C=O) groups excluding carboxylic acids is 1. The predicted octanol–water partition coefficient (Wildman–Crippen LogP) is 1.82. The summed E-state index contributed by atoms with van der Waals surface area (Å²) in [6.07, 6.45) is 0. The van der Waals surface area contributed by atoms with E-state index in [4.69, 9.17) is 10.5 Å². The van der Waals surface area contributed by atoms with E-state index >= 15 is 0 Å². The topological polar surface area (TPSA) is 74.4 Å². The Morgan fingerprint density at radius 2 is 2.24 bits per heavy atom. The average Bonchev–Trinajstić information content (AvgIpc) is 2.26. The standard InChI is InChI=1S/C10H12BrFN2O3/c1-3-16-6(15)4-17-8-5(2)7(12)9(11)14-10(8)13/h3-4H2,1-2H3,(H2,13,14). The quantitative estimate of drug-likeness (QED) is 0.678. The fourth-order valence-electron chi connectivity index (χ4n) is 1.17. The summed E-state index contributed by atoms with van der Waals surface area (Å²) in [6, 6.07) is 0. The Kier molecular flexibility index (Phi) is 4.68. The Balaban J connectivity index is 2.85. The number of halogens is 2. The van der Waals surface area contributed by atoms with Gasteiger partial charge >= 0.3 is 5.97 Å². The number of carbonyl (C=O) groups is 1. The molecule has 0 amide bonds. The summed E-state index contributed by atoms with van der Waals surface area (Å²) in [5.41, 5.74) is 5.75. The van der Waals surface area contributed by atoms with Gasteiger partial charge < -0.3 is 15.2 Å². The van der Waals surface area contributed by atoms with Gasteiger partial charge in [-0.25, -0.2) is 14.2 Å². The zero-order chi connectivity index (χ0) is 13.0. The molecule has 0 aliphatic heterocycles. The van der Waals surface area contributed by atoms with Crippen LogP contribution in [0.5, 0.6) is 5.75 Å². The van der Waals surface area contributed by atoms with Crippen LogP contribution in [0.15, 0.2) is 4.60 Å². The van der Waals surface area contributed by atoms with Crippen LogP contribution < -0.4 is 10.5 Å². The van der Waals surface area contributed by atoms with Gasteiger partial charge in [-0.2, -0.15) is 0 Å². The van der Waals surface area contributed by atoms with Gasteiger partial charge in [0.1, 0.15) is 4.60 Å². The van der Waals surface area contributed by atoms with Gasteiger partial charge in [-0.1, -0.05) is 0 Å². The number of hydrogen-bond acceptors (Lipinski definition) is 5. The van der Waals surface area contributed by atoms with Crippen molar-refractivity contribution in [3.8, 4) is 5.75 Å². The molecule has 5 nitrogen and oxygen atoms in total. The number of pyridine rings is 1. The van der Waals surface area contributed by atoms with Crippen molar-refractivity contribution in [1.29, 1.82) is 0 Å². The monoisotopic (exact) mass is 306 g/mol. The van der Waals surface area contributed by atoms with Gasteiger partial charge in [0.05, 0.1) is 6.61 Å². The zero-order valence-electron chi connectivity index (χ0n) is 9.42. The summed E-state index contributed by atoms with van der Waals surface area (Å²) in [5.74, 6) is -1.05. The molecule has 0 spiro atoms. The summed E-state index contributed by atoms with van der Waals surface area (Å²) in [4.78, 5) is 14.8. The summed E-state index contributed by atoms with van der Waals surface area (Å²) in [5, 5.41) is 0. The van der Waals surface area contributed by atoms with Gasteiger partial charge in [0.15, 0.2) is 24.0 Å². The fraction of sp³-hybridized carbons (Fsp3) is 0.400. The molecule has 1 rings (SSSR count). The summed E-state index contributed by atoms with van der Waals surface area (Å²) < 4.78 is 23.3. The highest BCUT2D eigenvalue weighted by Gasteiger charge is 2.16. The normalized spacial score (nSPS) is 10.1. The maximum Gasteiger partial charge on any atom is 0.344 e. The van der Waals surface area contributed by atoms with Gasteiger partial charge in [0.25, 0.3) is 0 Å². The number of nitrogens with two attached hydrogens (primary N) is 1. The van der Waals surface area contributed by atoms with E-state index in [2.05, 4.69) is 25.7 Å². The summed E-state index contributed by atoms with van der Waals surface area (Å²) in [7, 11) is 0. The lowest BCUT2D eigenvalue weighted by Gasteiger charge is -2.11. The van der Waals surface area contributed by atoms with Crippen LogP contribution in [0, 0.1) is 12.7 Å². The first-order chi connectivity index (χ1) is 7.97. The van der Waals surface area contributed by atoms with Crippen LogP contribution in [0.2, 0.25) is 0 Å². The van der Waals surface area contributed by atoms with E-state index in [0.29, 0.717) is 0 Å². The van der Waals surface area contributed by atoms with Crippen molar-refractivity contribution in [2.24, 2.45) is 0 Å². The first-order valence-electron chi connectivity index (χ1n) is 4.86. The van der Waals surface area contributed by atoms with Crippen molar-refractivity contribution in [2.75, 3.05) is 18.9 Å². The maximum absolute atomic E-state index is 13.5. The zero-order valence-corrected chi connectivity index (χ0v) is 11.0. The van der Waals surface area contributed by atoms with Gasteiger partial charge in [-0.15, -0.1) is 0 Å². The molecule has 2 N–H and O–H groups in total. The molecule has 1 aromatic heterocycles. The second-order valence-corrected chi connectivity index (χ2v) is 3.90. The molecule has 94 valence electrons. The predicted molar refractivity (Wildman–Crippen MR) is 63.2 cm³/mol. The highest BCUT2D eigenvalue weighted by Crippen LogP contribution is 2.30. The van der Waals surface area contributed by atoms with E-state index in [0.717, 1.165) is 0 Å². The number of nitrogens with zero attached hydrogens (tertiary/aromatic N) is 1. The molecule has 0 aliphatic carbocycles. The Morgan fingerprint density at radius 3 is 2.82 bits per heavy atom. The molecular weight excluding hydrogens is 295 g/mol. The van der Waals surface area contributed by atoms with Gasteiger partial charge in [-0.05, 0) is 29.8 Å². The van der Waals surface area contributed by atoms with Crippen LogP contribution in [-0.2, 0) is 9.53 Å². The van der Waals surface area contributed by atoms with Crippen molar-refractivity contribution in [3.63, 3.8) is 0 Å². The molecule has 0 radical (unpaired) electrons. The molecule has 0 bridgehead atoms. The molecule has 1 aromatic rings. The first kappa shape index (κ1) is 13.7. The first-order valence-corrected chi connectivity index (χ1v) is 5.66. The van der Waals surface area contributed by atoms with Crippen LogP contribution in [-0.4, -0.2) is 24.2 Å². The molecule has 1 heterocycles. The van der Waals surface area contributed by atoms with E-state index in [1.54, 1.807) is 6.92 Å². The number of nitrogen functional groups attached to an aromatic ring is 1. The maximum atomic E-state index is 13.5. The largest absolute Gasteiger partial charge is 0.478 e. The van der Waals surface area contributed by atoms with Crippen LogP contribution in [0.4, 0.5) is 10.2 Å². The highest BCUT2D eigenvalue weighted by atomic mass is 79.9. The van der Waals surface area contributed by atoms with Gasteiger partial charge in [-0.3, -0.25) is 0 Å². The Bertz CT molecular complexity index is 440. The van der Waals surface area contributed by atoms with Crippen LogP contribution in [0.3, 0.4) is 0 Å². The van der Waals surface area contributed by atoms with Crippen LogP contribution >= 0.6 is 15.9 Å². The smallest absolute Gasteiger partial charge is 0.344 e. The molecule has 17 heavy (non-hydrogen) atoms. The fourth-order valence-corrected chi connectivity index (χ4v) is 1.66. The molecule has 0 saturated heterocycles. The average molecular weight is 307 g/mol. The number of hydrogen-bond donors (Lipinski definition) is 1. The number of aromatic nitrogens is 1. The number of rotatable bonds is 4. The number of anilines is 1. The SMILES string of the molecule is CCOC(=O)COc1c(N)nc(Br)c(F)c1C. The third kappa shape index (κ3) is 3.29. The summed E-state index contributed by atoms with van der Waals surface area (Å²) >= 11 is 2.92. The van der Waals surface area contributed by atoms with Crippen molar-refractivity contribution in [1.82, 2.24) is 4.98 Å². The number of ether oxygens (including phenoxy) is 2. The molecule has 0 saturated carbocycles. The Morgan fingerprint density at radius 1 is 1.59 bits per heavy atom.